The van der Waals surface area contributed by atoms with Crippen molar-refractivity contribution in [2.75, 3.05) is 25.5 Å². The number of hydrogen-bond acceptors (Lipinski definition) is 5. The first-order valence-electron chi connectivity index (χ1n) is 7.08. The lowest BCUT2D eigenvalue weighted by Crippen LogP contribution is -2.37. The minimum Gasteiger partial charge on any atom is -0.464 e. The van der Waals surface area contributed by atoms with Gasteiger partial charge in [-0.2, -0.15) is 5.10 Å². The zero-order valence-corrected chi connectivity index (χ0v) is 13.1. The molecule has 1 aromatic heterocycles. The van der Waals surface area contributed by atoms with E-state index < -0.39 is 5.54 Å². The number of amides is 1. The molecule has 0 aliphatic carbocycles. The van der Waals surface area contributed by atoms with Crippen molar-refractivity contribution in [3.05, 3.63) is 12.4 Å². The van der Waals surface area contributed by atoms with Crippen LogP contribution in [-0.2, 0) is 19.9 Å². The van der Waals surface area contributed by atoms with Gasteiger partial charge in [-0.1, -0.05) is 0 Å². The number of rotatable bonds is 8. The maximum atomic E-state index is 11.9. The molecule has 0 aromatic carbocycles. The smallest absolute Gasteiger partial charge is 0.333 e. The molecule has 7 heteroatoms. The minimum atomic E-state index is -0.912. The lowest BCUT2D eigenvalue weighted by Gasteiger charge is -2.22. The number of nitrogens with one attached hydrogen (secondary N) is 2. The molecule has 1 amide bonds. The first-order valence-corrected chi connectivity index (χ1v) is 7.08. The van der Waals surface area contributed by atoms with E-state index in [1.54, 1.807) is 27.0 Å². The number of anilines is 1. The van der Waals surface area contributed by atoms with E-state index >= 15 is 0 Å². The largest absolute Gasteiger partial charge is 0.464 e. The molecular weight excluding hydrogens is 272 g/mol. The number of nitrogens with zero attached hydrogens (tertiary/aromatic N) is 2. The van der Waals surface area contributed by atoms with Crippen LogP contribution in [0.5, 0.6) is 0 Å². The summed E-state index contributed by atoms with van der Waals surface area (Å²) in [4.78, 5) is 23.6. The summed E-state index contributed by atoms with van der Waals surface area (Å²) in [6.45, 7) is 6.31. The zero-order valence-electron chi connectivity index (χ0n) is 13.1. The van der Waals surface area contributed by atoms with Crippen LogP contribution in [0.2, 0.25) is 0 Å². The molecule has 0 bridgehead atoms. The van der Waals surface area contributed by atoms with Gasteiger partial charge in [0.1, 0.15) is 0 Å². The van der Waals surface area contributed by atoms with Crippen molar-refractivity contribution in [2.45, 2.75) is 39.2 Å². The van der Waals surface area contributed by atoms with E-state index in [0.717, 1.165) is 13.0 Å². The van der Waals surface area contributed by atoms with Crippen LogP contribution in [-0.4, -0.2) is 41.9 Å². The van der Waals surface area contributed by atoms with Gasteiger partial charge in [-0.25, -0.2) is 4.79 Å². The number of hydrogen-bond donors (Lipinski definition) is 2. The van der Waals surface area contributed by atoms with Crippen LogP contribution in [0, 0.1) is 0 Å². The summed E-state index contributed by atoms with van der Waals surface area (Å²) in [6, 6.07) is 0. The standard InChI is InChI=1S/C14H24N4O3/c1-5-21-13(20)14(2,3)18-10-11(9-16-18)17-12(19)7-6-8-15-4/h9-10,15H,5-8H2,1-4H3,(H,17,19). The highest BCUT2D eigenvalue weighted by atomic mass is 16.5. The molecule has 2 N–H and O–H groups in total. The van der Waals surface area contributed by atoms with E-state index in [2.05, 4.69) is 15.7 Å². The summed E-state index contributed by atoms with van der Waals surface area (Å²) < 4.78 is 6.52. The van der Waals surface area contributed by atoms with Gasteiger partial charge in [0, 0.05) is 12.6 Å². The monoisotopic (exact) mass is 296 g/mol. The molecule has 0 atom stereocenters. The third kappa shape index (κ3) is 4.86. The molecule has 0 fully saturated rings. The quantitative estimate of drug-likeness (QED) is 0.554. The van der Waals surface area contributed by atoms with Crippen molar-refractivity contribution in [3.8, 4) is 0 Å². The van der Waals surface area contributed by atoms with Crippen LogP contribution >= 0.6 is 0 Å². The van der Waals surface area contributed by atoms with Crippen molar-refractivity contribution in [2.24, 2.45) is 0 Å². The van der Waals surface area contributed by atoms with Crippen molar-refractivity contribution >= 4 is 17.6 Å². The van der Waals surface area contributed by atoms with Gasteiger partial charge in [-0.05, 0) is 40.8 Å². The first-order chi connectivity index (χ1) is 9.91. The molecule has 1 aromatic rings. The lowest BCUT2D eigenvalue weighted by atomic mass is 10.1. The van der Waals surface area contributed by atoms with Crippen molar-refractivity contribution in [3.63, 3.8) is 0 Å². The fourth-order valence-electron chi connectivity index (χ4n) is 1.74. The lowest BCUT2D eigenvalue weighted by molar-refractivity contribution is -0.152. The Kier molecular flexibility index (Phi) is 6.36. The number of ether oxygens (including phenoxy) is 1. The van der Waals surface area contributed by atoms with Crippen molar-refractivity contribution in [1.29, 1.82) is 0 Å². The van der Waals surface area contributed by atoms with Gasteiger partial charge in [0.15, 0.2) is 5.54 Å². The zero-order chi connectivity index (χ0) is 15.9. The van der Waals surface area contributed by atoms with Crippen molar-refractivity contribution < 1.29 is 14.3 Å². The summed E-state index contributed by atoms with van der Waals surface area (Å²) >= 11 is 0. The Morgan fingerprint density at radius 3 is 2.76 bits per heavy atom. The Hall–Kier alpha value is -1.89. The Bertz CT molecular complexity index is 482. The van der Waals surface area contributed by atoms with E-state index in [1.807, 2.05) is 7.05 Å². The molecular formula is C14H24N4O3. The van der Waals surface area contributed by atoms with Crippen LogP contribution in [0.4, 0.5) is 5.69 Å². The van der Waals surface area contributed by atoms with Crippen LogP contribution in [0.3, 0.4) is 0 Å². The number of carbonyl (C=O) groups excluding carboxylic acids is 2. The molecule has 0 aliphatic rings. The topological polar surface area (TPSA) is 85.2 Å². The first kappa shape index (κ1) is 17.2. The highest BCUT2D eigenvalue weighted by molar-refractivity contribution is 5.90. The second-order valence-electron chi connectivity index (χ2n) is 5.21. The Labute approximate surface area is 125 Å². The second kappa shape index (κ2) is 7.78. The van der Waals surface area contributed by atoms with E-state index in [1.165, 1.54) is 10.9 Å². The molecule has 1 heterocycles. The normalized spacial score (nSPS) is 11.2. The number of aromatic nitrogens is 2. The third-order valence-corrected chi connectivity index (χ3v) is 3.04. The third-order valence-electron chi connectivity index (χ3n) is 3.04. The summed E-state index contributed by atoms with van der Waals surface area (Å²) in [7, 11) is 1.85. The average Bonchev–Trinajstić information content (AvgIpc) is 2.88. The fourth-order valence-corrected chi connectivity index (χ4v) is 1.74. The van der Waals surface area contributed by atoms with Gasteiger partial charge < -0.3 is 15.4 Å². The maximum Gasteiger partial charge on any atom is 0.333 e. The highest BCUT2D eigenvalue weighted by Gasteiger charge is 2.32. The molecule has 0 radical (unpaired) electrons. The second-order valence-corrected chi connectivity index (χ2v) is 5.21. The Balaban J connectivity index is 2.64. The van der Waals surface area contributed by atoms with Crippen LogP contribution in [0.15, 0.2) is 12.4 Å². The molecule has 118 valence electrons. The minimum absolute atomic E-state index is 0.0706. The molecule has 1 rings (SSSR count). The molecule has 0 aliphatic heterocycles. The van der Waals surface area contributed by atoms with Crippen LogP contribution < -0.4 is 10.6 Å². The molecule has 21 heavy (non-hydrogen) atoms. The van der Waals surface area contributed by atoms with Crippen LogP contribution in [0.25, 0.3) is 0 Å². The van der Waals surface area contributed by atoms with E-state index in [4.69, 9.17) is 4.74 Å². The molecule has 0 saturated carbocycles. The highest BCUT2D eigenvalue weighted by Crippen LogP contribution is 2.19. The van der Waals surface area contributed by atoms with Gasteiger partial charge in [-0.15, -0.1) is 0 Å². The number of esters is 1. The summed E-state index contributed by atoms with van der Waals surface area (Å²) in [5, 5.41) is 9.88. The van der Waals surface area contributed by atoms with Crippen LogP contribution in [0.1, 0.15) is 33.6 Å². The fraction of sp³-hybridized carbons (Fsp3) is 0.643. The van der Waals surface area contributed by atoms with Gasteiger partial charge in [0.2, 0.25) is 5.91 Å². The van der Waals surface area contributed by atoms with E-state index in [-0.39, 0.29) is 11.9 Å². The van der Waals surface area contributed by atoms with E-state index in [0.29, 0.717) is 18.7 Å². The predicted molar refractivity (Wildman–Crippen MR) is 80.0 cm³/mol. The SMILES string of the molecule is CCOC(=O)C(C)(C)n1cc(NC(=O)CCCNC)cn1. The molecule has 0 spiro atoms. The van der Waals surface area contributed by atoms with Gasteiger partial charge >= 0.3 is 5.97 Å². The molecule has 7 nitrogen and oxygen atoms in total. The molecule has 0 saturated heterocycles. The average molecular weight is 296 g/mol. The molecule has 0 unspecified atom stereocenters. The predicted octanol–water partition coefficient (Wildman–Crippen LogP) is 1.12. The Morgan fingerprint density at radius 2 is 2.14 bits per heavy atom. The number of carbonyl (C=O) groups is 2. The maximum absolute atomic E-state index is 11.9. The van der Waals surface area contributed by atoms with E-state index in [9.17, 15) is 9.59 Å². The summed E-state index contributed by atoms with van der Waals surface area (Å²) in [6.07, 6.45) is 4.36. The van der Waals surface area contributed by atoms with Gasteiger partial charge in [0.05, 0.1) is 18.5 Å². The summed E-state index contributed by atoms with van der Waals surface area (Å²) in [5.74, 6) is -0.432. The van der Waals surface area contributed by atoms with Crippen molar-refractivity contribution in [1.82, 2.24) is 15.1 Å². The Morgan fingerprint density at radius 1 is 1.43 bits per heavy atom. The van der Waals surface area contributed by atoms with Gasteiger partial charge in [0.25, 0.3) is 0 Å². The summed E-state index contributed by atoms with van der Waals surface area (Å²) in [5.41, 5.74) is -0.340. The van der Waals surface area contributed by atoms with Gasteiger partial charge in [-0.3, -0.25) is 9.48 Å².